The Morgan fingerprint density at radius 3 is 2.73 bits per heavy atom. The maximum atomic E-state index is 13.5. The highest BCUT2D eigenvalue weighted by Gasteiger charge is 2.31. The molecule has 0 spiro atoms. The number of carbonyl (C=O) groups excluding carboxylic acids is 1. The molecule has 9 heteroatoms. The van der Waals surface area contributed by atoms with Crippen LogP contribution < -0.4 is 0 Å². The number of hydrogen-bond acceptors (Lipinski definition) is 4. The number of rotatable bonds is 3. The van der Waals surface area contributed by atoms with Gasteiger partial charge in [0.2, 0.25) is 0 Å². The molecule has 1 aliphatic rings. The molecule has 1 atom stereocenters. The van der Waals surface area contributed by atoms with Crippen LogP contribution in [0.1, 0.15) is 23.2 Å². The van der Waals surface area contributed by atoms with Gasteiger partial charge in [-0.1, -0.05) is 0 Å². The van der Waals surface area contributed by atoms with Crippen LogP contribution in [0.5, 0.6) is 0 Å². The molecule has 0 radical (unpaired) electrons. The first-order chi connectivity index (χ1) is 10.3. The fourth-order valence-electron chi connectivity index (χ4n) is 2.40. The Morgan fingerprint density at radius 2 is 2.14 bits per heavy atom. The highest BCUT2D eigenvalue weighted by molar-refractivity contribution is 9.10. The number of halogens is 2. The van der Waals surface area contributed by atoms with E-state index in [0.29, 0.717) is 19.4 Å². The van der Waals surface area contributed by atoms with Crippen molar-refractivity contribution in [2.24, 2.45) is 5.92 Å². The normalized spacial score (nSPS) is 18.1. The van der Waals surface area contributed by atoms with Crippen molar-refractivity contribution in [1.29, 1.82) is 0 Å². The van der Waals surface area contributed by atoms with Gasteiger partial charge in [0.25, 0.3) is 11.6 Å². The summed E-state index contributed by atoms with van der Waals surface area (Å²) in [7, 11) is 0. The smallest absolute Gasteiger partial charge is 0.308 e. The molecule has 1 fully saturated rings. The summed E-state index contributed by atoms with van der Waals surface area (Å²) in [6.45, 7) is 0.338. The molecule has 1 aromatic rings. The molecule has 22 heavy (non-hydrogen) atoms. The minimum Gasteiger partial charge on any atom is -0.481 e. The lowest BCUT2D eigenvalue weighted by molar-refractivity contribution is -0.385. The maximum absolute atomic E-state index is 13.5. The molecule has 118 valence electrons. The Labute approximate surface area is 133 Å². The first-order valence-electron chi connectivity index (χ1n) is 6.46. The van der Waals surface area contributed by atoms with Gasteiger partial charge in [0.15, 0.2) is 0 Å². The van der Waals surface area contributed by atoms with Crippen molar-refractivity contribution < 1.29 is 24.0 Å². The van der Waals surface area contributed by atoms with E-state index in [-0.39, 0.29) is 16.6 Å². The summed E-state index contributed by atoms with van der Waals surface area (Å²) in [5.74, 6) is -3.20. The van der Waals surface area contributed by atoms with E-state index >= 15 is 0 Å². The number of amides is 1. The zero-order valence-corrected chi connectivity index (χ0v) is 12.9. The molecule has 1 heterocycles. The van der Waals surface area contributed by atoms with E-state index in [0.717, 1.165) is 12.1 Å². The second-order valence-electron chi connectivity index (χ2n) is 4.97. The van der Waals surface area contributed by atoms with E-state index < -0.39 is 34.2 Å². The first-order valence-corrected chi connectivity index (χ1v) is 7.26. The number of nitro groups is 1. The van der Waals surface area contributed by atoms with E-state index in [9.17, 15) is 24.1 Å². The number of nitrogens with zero attached hydrogens (tertiary/aromatic N) is 2. The molecular weight excluding hydrogens is 363 g/mol. The van der Waals surface area contributed by atoms with Crippen LogP contribution in [0.4, 0.5) is 10.1 Å². The minimum atomic E-state index is -0.998. The molecule has 2 rings (SSSR count). The number of carboxylic acid groups (broad SMARTS) is 1. The Bertz CT molecular complexity index is 652. The molecule has 1 amide bonds. The molecule has 1 aliphatic heterocycles. The Hall–Kier alpha value is -2.03. The van der Waals surface area contributed by atoms with Crippen LogP contribution in [0.3, 0.4) is 0 Å². The fraction of sp³-hybridized carbons (Fsp3) is 0.385. The van der Waals surface area contributed by atoms with Gasteiger partial charge in [0.05, 0.1) is 22.5 Å². The number of aliphatic carboxylic acids is 1. The van der Waals surface area contributed by atoms with Gasteiger partial charge in [0, 0.05) is 13.1 Å². The summed E-state index contributed by atoms with van der Waals surface area (Å²) in [6.07, 6.45) is 0.974. The zero-order chi connectivity index (χ0) is 16.4. The summed E-state index contributed by atoms with van der Waals surface area (Å²) in [5.41, 5.74) is -0.729. The molecular formula is C13H12BrFN2O5. The lowest BCUT2D eigenvalue weighted by Gasteiger charge is -2.31. The molecule has 0 saturated carbocycles. The van der Waals surface area contributed by atoms with Gasteiger partial charge in [-0.2, -0.15) is 0 Å². The number of nitro benzene ring substituents is 1. The van der Waals surface area contributed by atoms with Crippen molar-refractivity contribution in [2.75, 3.05) is 13.1 Å². The van der Waals surface area contributed by atoms with Crippen LogP contribution in [-0.2, 0) is 4.79 Å². The van der Waals surface area contributed by atoms with Crippen molar-refractivity contribution in [3.8, 4) is 0 Å². The van der Waals surface area contributed by atoms with Gasteiger partial charge in [0.1, 0.15) is 10.3 Å². The van der Waals surface area contributed by atoms with Crippen LogP contribution in [-0.4, -0.2) is 39.9 Å². The topological polar surface area (TPSA) is 101 Å². The largest absolute Gasteiger partial charge is 0.481 e. The van der Waals surface area contributed by atoms with Crippen molar-refractivity contribution in [3.63, 3.8) is 0 Å². The number of piperidine rings is 1. The van der Waals surface area contributed by atoms with Crippen LogP contribution >= 0.6 is 15.9 Å². The van der Waals surface area contributed by atoms with Gasteiger partial charge < -0.3 is 10.0 Å². The Kier molecular flexibility index (Phi) is 4.74. The predicted molar refractivity (Wildman–Crippen MR) is 77.0 cm³/mol. The first kappa shape index (κ1) is 16.3. The van der Waals surface area contributed by atoms with E-state index in [1.54, 1.807) is 0 Å². The molecule has 1 unspecified atom stereocenters. The van der Waals surface area contributed by atoms with Gasteiger partial charge in [-0.15, -0.1) is 0 Å². The van der Waals surface area contributed by atoms with Crippen LogP contribution in [0, 0.1) is 21.8 Å². The molecule has 7 nitrogen and oxygen atoms in total. The van der Waals surface area contributed by atoms with Crippen LogP contribution in [0.15, 0.2) is 16.6 Å². The summed E-state index contributed by atoms with van der Waals surface area (Å²) in [6, 6.07) is 1.63. The van der Waals surface area contributed by atoms with Gasteiger partial charge >= 0.3 is 5.97 Å². The lowest BCUT2D eigenvalue weighted by atomic mass is 9.97. The van der Waals surface area contributed by atoms with Gasteiger partial charge in [-0.3, -0.25) is 19.7 Å². The zero-order valence-electron chi connectivity index (χ0n) is 11.3. The Balaban J connectivity index is 2.33. The molecule has 0 bridgehead atoms. The molecule has 0 aliphatic carbocycles. The van der Waals surface area contributed by atoms with Crippen molar-refractivity contribution in [2.45, 2.75) is 12.8 Å². The van der Waals surface area contributed by atoms with Gasteiger partial charge in [-0.05, 0) is 34.8 Å². The molecule has 1 N–H and O–H groups in total. The summed E-state index contributed by atoms with van der Waals surface area (Å²) in [4.78, 5) is 34.8. The van der Waals surface area contributed by atoms with E-state index in [2.05, 4.69) is 15.9 Å². The fourth-order valence-corrected chi connectivity index (χ4v) is 2.94. The van der Waals surface area contributed by atoms with Gasteiger partial charge in [-0.25, -0.2) is 4.39 Å². The molecule has 0 aromatic heterocycles. The number of likely N-dealkylation sites (tertiary alicyclic amines) is 1. The number of carbonyl (C=O) groups is 2. The van der Waals surface area contributed by atoms with E-state index in [1.807, 2.05) is 0 Å². The quantitative estimate of drug-likeness (QED) is 0.646. The number of benzene rings is 1. The highest BCUT2D eigenvalue weighted by Crippen LogP contribution is 2.31. The average molecular weight is 375 g/mol. The lowest BCUT2D eigenvalue weighted by Crippen LogP contribution is -2.42. The van der Waals surface area contributed by atoms with Crippen molar-refractivity contribution in [3.05, 3.63) is 38.1 Å². The summed E-state index contributed by atoms with van der Waals surface area (Å²) >= 11 is 2.96. The minimum absolute atomic E-state index is 0.00488. The Morgan fingerprint density at radius 1 is 1.45 bits per heavy atom. The van der Waals surface area contributed by atoms with E-state index in [1.165, 1.54) is 4.90 Å². The SMILES string of the molecule is O=C(O)C1CCCN(C(=O)c2cc(F)cc([N+](=O)[O-])c2Br)C1. The number of hydrogen-bond donors (Lipinski definition) is 1. The van der Waals surface area contributed by atoms with E-state index in [4.69, 9.17) is 5.11 Å². The second-order valence-corrected chi connectivity index (χ2v) is 5.77. The summed E-state index contributed by atoms with van der Waals surface area (Å²) in [5, 5.41) is 19.9. The third kappa shape index (κ3) is 3.24. The third-order valence-corrected chi connectivity index (χ3v) is 4.34. The average Bonchev–Trinajstić information content (AvgIpc) is 2.48. The summed E-state index contributed by atoms with van der Waals surface area (Å²) < 4.78 is 13.4. The predicted octanol–water partition coefficient (Wildman–Crippen LogP) is 2.43. The van der Waals surface area contributed by atoms with Crippen LogP contribution in [0.25, 0.3) is 0 Å². The van der Waals surface area contributed by atoms with Crippen molar-refractivity contribution >= 4 is 33.5 Å². The molecule has 1 saturated heterocycles. The second kappa shape index (κ2) is 6.39. The highest BCUT2D eigenvalue weighted by atomic mass is 79.9. The maximum Gasteiger partial charge on any atom is 0.308 e. The van der Waals surface area contributed by atoms with Crippen molar-refractivity contribution in [1.82, 2.24) is 4.90 Å². The third-order valence-electron chi connectivity index (χ3n) is 3.50. The van der Waals surface area contributed by atoms with Crippen LogP contribution in [0.2, 0.25) is 0 Å². The standard InChI is InChI=1S/C13H12BrFN2O5/c14-11-9(4-8(15)5-10(11)17(21)22)12(18)16-3-1-2-7(6-16)13(19)20/h4-5,7H,1-3,6H2,(H,19,20). The molecule has 1 aromatic carbocycles. The monoisotopic (exact) mass is 374 g/mol. The number of carboxylic acids is 1.